The summed E-state index contributed by atoms with van der Waals surface area (Å²) in [6, 6.07) is 8.15. The van der Waals surface area contributed by atoms with Crippen LogP contribution in [0.15, 0.2) is 29.2 Å². The van der Waals surface area contributed by atoms with Crippen LogP contribution in [0.3, 0.4) is 0 Å². The highest BCUT2D eigenvalue weighted by molar-refractivity contribution is 7.89. The van der Waals surface area contributed by atoms with Gasteiger partial charge in [0.15, 0.2) is 0 Å². The molecule has 6 heteroatoms. The van der Waals surface area contributed by atoms with E-state index >= 15 is 0 Å². The van der Waals surface area contributed by atoms with E-state index in [1.165, 1.54) is 23.5 Å². The average Bonchev–Trinajstić information content (AvgIpc) is 2.91. The van der Waals surface area contributed by atoms with Gasteiger partial charge in [0.25, 0.3) is 0 Å². The zero-order chi connectivity index (χ0) is 13.9. The Labute approximate surface area is 113 Å². The van der Waals surface area contributed by atoms with Crippen LogP contribution in [0.5, 0.6) is 0 Å². The Kier molecular flexibility index (Phi) is 4.20. The number of hydrogen-bond donors (Lipinski definition) is 0. The minimum Gasteiger partial charge on any atom is -0.377 e. The van der Waals surface area contributed by atoms with Crippen molar-refractivity contribution in [3.05, 3.63) is 29.8 Å². The highest BCUT2D eigenvalue weighted by Gasteiger charge is 2.27. The van der Waals surface area contributed by atoms with Crippen LogP contribution in [0, 0.1) is 11.3 Å². The van der Waals surface area contributed by atoms with Crippen LogP contribution in [-0.2, 0) is 14.8 Å². The van der Waals surface area contributed by atoms with Crippen LogP contribution >= 0.6 is 0 Å². The number of sulfonamides is 1. The molecular formula is C13H16N2O3S. The van der Waals surface area contributed by atoms with Gasteiger partial charge in [0, 0.05) is 20.2 Å². The van der Waals surface area contributed by atoms with E-state index in [-0.39, 0.29) is 16.6 Å². The van der Waals surface area contributed by atoms with Crippen LogP contribution in [0.25, 0.3) is 0 Å². The molecule has 0 N–H and O–H groups in total. The van der Waals surface area contributed by atoms with Gasteiger partial charge in [0.05, 0.1) is 16.6 Å². The van der Waals surface area contributed by atoms with E-state index in [0.29, 0.717) is 13.2 Å². The van der Waals surface area contributed by atoms with E-state index in [4.69, 9.17) is 10.00 Å². The van der Waals surface area contributed by atoms with Crippen LogP contribution in [-0.4, -0.2) is 39.0 Å². The lowest BCUT2D eigenvalue weighted by atomic mass is 10.2. The molecule has 1 aliphatic heterocycles. The van der Waals surface area contributed by atoms with Gasteiger partial charge in [-0.15, -0.1) is 0 Å². The lowest BCUT2D eigenvalue weighted by Gasteiger charge is -2.20. The molecule has 1 fully saturated rings. The summed E-state index contributed by atoms with van der Waals surface area (Å²) < 4.78 is 31.5. The summed E-state index contributed by atoms with van der Waals surface area (Å²) in [5.41, 5.74) is 0.168. The van der Waals surface area contributed by atoms with E-state index in [2.05, 4.69) is 0 Å². The number of likely N-dealkylation sites (N-methyl/N-ethyl adjacent to an activating group) is 1. The molecule has 1 saturated heterocycles. The Morgan fingerprint density at radius 1 is 1.47 bits per heavy atom. The normalized spacial score (nSPS) is 19.5. The van der Waals surface area contributed by atoms with Crippen molar-refractivity contribution in [2.24, 2.45) is 0 Å². The van der Waals surface area contributed by atoms with Crippen LogP contribution in [0.4, 0.5) is 0 Å². The molecule has 0 radical (unpaired) electrons. The number of rotatable bonds is 4. The molecule has 1 unspecified atom stereocenters. The Morgan fingerprint density at radius 2 is 2.21 bits per heavy atom. The van der Waals surface area contributed by atoms with Gasteiger partial charge in [0.2, 0.25) is 10.0 Å². The predicted octanol–water partition coefficient (Wildman–Crippen LogP) is 1.36. The molecule has 0 amide bonds. The largest absolute Gasteiger partial charge is 0.377 e. The quantitative estimate of drug-likeness (QED) is 0.835. The van der Waals surface area contributed by atoms with E-state index in [0.717, 1.165) is 12.8 Å². The molecule has 0 aromatic heterocycles. The topological polar surface area (TPSA) is 70.4 Å². The lowest BCUT2D eigenvalue weighted by Crippen LogP contribution is -2.34. The minimum absolute atomic E-state index is 0.0472. The van der Waals surface area contributed by atoms with Gasteiger partial charge in [-0.1, -0.05) is 12.1 Å². The predicted molar refractivity (Wildman–Crippen MR) is 69.9 cm³/mol. The molecule has 0 saturated carbocycles. The number of hydrogen-bond acceptors (Lipinski definition) is 4. The van der Waals surface area contributed by atoms with Gasteiger partial charge < -0.3 is 4.74 Å². The smallest absolute Gasteiger partial charge is 0.244 e. The second-order valence-corrected chi connectivity index (χ2v) is 6.54. The molecule has 0 bridgehead atoms. The third kappa shape index (κ3) is 2.95. The van der Waals surface area contributed by atoms with Gasteiger partial charge >= 0.3 is 0 Å². The summed E-state index contributed by atoms with van der Waals surface area (Å²) in [6.45, 7) is 1.01. The maximum atomic E-state index is 12.4. The van der Waals surface area contributed by atoms with Crippen LogP contribution < -0.4 is 0 Å². The summed E-state index contributed by atoms with van der Waals surface area (Å²) in [7, 11) is -2.12. The third-order valence-corrected chi connectivity index (χ3v) is 5.06. The van der Waals surface area contributed by atoms with Gasteiger partial charge in [0.1, 0.15) is 6.07 Å². The van der Waals surface area contributed by atoms with Gasteiger partial charge in [-0.05, 0) is 25.0 Å². The Morgan fingerprint density at radius 3 is 2.84 bits per heavy atom. The van der Waals surface area contributed by atoms with Crippen molar-refractivity contribution in [3.63, 3.8) is 0 Å². The molecule has 5 nitrogen and oxygen atoms in total. The fourth-order valence-electron chi connectivity index (χ4n) is 2.13. The first kappa shape index (κ1) is 14.0. The standard InChI is InChI=1S/C13H16N2O3S/c1-15(10-12-6-4-8-18-12)19(16,17)13-7-3-2-5-11(13)9-14/h2-3,5,7,12H,4,6,8,10H2,1H3. The van der Waals surface area contributed by atoms with Crippen LogP contribution in [0.1, 0.15) is 18.4 Å². The van der Waals surface area contributed by atoms with Crippen molar-refractivity contribution in [2.75, 3.05) is 20.2 Å². The Bertz CT molecular complexity index is 586. The number of ether oxygens (including phenoxy) is 1. The highest BCUT2D eigenvalue weighted by atomic mass is 32.2. The molecule has 19 heavy (non-hydrogen) atoms. The average molecular weight is 280 g/mol. The molecule has 1 aromatic carbocycles. The zero-order valence-electron chi connectivity index (χ0n) is 10.7. The Hall–Kier alpha value is -1.42. The third-order valence-electron chi connectivity index (χ3n) is 3.18. The second-order valence-electron chi connectivity index (χ2n) is 4.53. The molecule has 0 aliphatic carbocycles. The lowest BCUT2D eigenvalue weighted by molar-refractivity contribution is 0.0979. The summed E-state index contributed by atoms with van der Waals surface area (Å²) in [6.07, 6.45) is 1.79. The maximum Gasteiger partial charge on any atom is 0.244 e. The van der Waals surface area contributed by atoms with Gasteiger partial charge in [-0.2, -0.15) is 9.57 Å². The van der Waals surface area contributed by atoms with Crippen molar-refractivity contribution in [3.8, 4) is 6.07 Å². The molecule has 1 aliphatic rings. The highest BCUT2D eigenvalue weighted by Crippen LogP contribution is 2.21. The summed E-state index contributed by atoms with van der Waals surface area (Å²) in [4.78, 5) is 0.0537. The van der Waals surface area contributed by atoms with Crippen molar-refractivity contribution < 1.29 is 13.2 Å². The van der Waals surface area contributed by atoms with Gasteiger partial charge in [-0.3, -0.25) is 0 Å². The summed E-state index contributed by atoms with van der Waals surface area (Å²) >= 11 is 0. The maximum absolute atomic E-state index is 12.4. The zero-order valence-corrected chi connectivity index (χ0v) is 11.6. The van der Waals surface area contributed by atoms with E-state index < -0.39 is 10.0 Å². The first-order chi connectivity index (χ1) is 9.05. The molecule has 2 rings (SSSR count). The van der Waals surface area contributed by atoms with Gasteiger partial charge in [-0.25, -0.2) is 8.42 Å². The molecule has 1 aromatic rings. The van der Waals surface area contributed by atoms with E-state index in [1.54, 1.807) is 12.1 Å². The summed E-state index contributed by atoms with van der Waals surface area (Å²) in [5.74, 6) is 0. The molecule has 0 spiro atoms. The number of nitrogens with zero attached hydrogens (tertiary/aromatic N) is 2. The molecule has 1 heterocycles. The van der Waals surface area contributed by atoms with E-state index in [9.17, 15) is 8.42 Å². The van der Waals surface area contributed by atoms with Crippen molar-refractivity contribution in [1.82, 2.24) is 4.31 Å². The molecule has 102 valence electrons. The molecular weight excluding hydrogens is 264 g/mol. The number of benzene rings is 1. The summed E-state index contributed by atoms with van der Waals surface area (Å²) in [5, 5.41) is 8.99. The SMILES string of the molecule is CN(CC1CCCO1)S(=O)(=O)c1ccccc1C#N. The van der Waals surface area contributed by atoms with Crippen molar-refractivity contribution in [1.29, 1.82) is 5.26 Å². The first-order valence-corrected chi connectivity index (χ1v) is 7.57. The van der Waals surface area contributed by atoms with Crippen molar-refractivity contribution in [2.45, 2.75) is 23.8 Å². The Balaban J connectivity index is 2.23. The number of nitriles is 1. The monoisotopic (exact) mass is 280 g/mol. The van der Waals surface area contributed by atoms with Crippen molar-refractivity contribution >= 4 is 10.0 Å². The van der Waals surface area contributed by atoms with E-state index in [1.807, 2.05) is 6.07 Å². The molecule has 1 atom stereocenters. The van der Waals surface area contributed by atoms with Crippen LogP contribution in [0.2, 0.25) is 0 Å². The second kappa shape index (κ2) is 5.70. The fraction of sp³-hybridized carbons (Fsp3) is 0.462. The minimum atomic E-state index is -3.64. The first-order valence-electron chi connectivity index (χ1n) is 6.13. The fourth-order valence-corrected chi connectivity index (χ4v) is 3.47.